The van der Waals surface area contributed by atoms with E-state index in [1.165, 1.54) is 11.6 Å². The zero-order valence-electron chi connectivity index (χ0n) is 13.3. The number of carbonyl (C=O) groups is 1. The zero-order chi connectivity index (χ0) is 15.9. The van der Waals surface area contributed by atoms with Gasteiger partial charge in [-0.1, -0.05) is 44.2 Å². The molecule has 0 saturated carbocycles. The molecular formula is C18H22N2O2. The summed E-state index contributed by atoms with van der Waals surface area (Å²) in [6.45, 7) is 7.08. The van der Waals surface area contributed by atoms with Gasteiger partial charge in [0, 0.05) is 17.8 Å². The molecule has 0 aliphatic rings. The Morgan fingerprint density at radius 3 is 2.68 bits per heavy atom. The number of esters is 1. The molecule has 0 unspecified atom stereocenters. The molecule has 0 atom stereocenters. The van der Waals surface area contributed by atoms with E-state index in [2.05, 4.69) is 31.1 Å². The van der Waals surface area contributed by atoms with Crippen LogP contribution in [0.1, 0.15) is 43.5 Å². The molecule has 0 amide bonds. The Kier molecular flexibility index (Phi) is 5.53. The molecule has 1 aromatic heterocycles. The predicted octanol–water partition coefficient (Wildman–Crippen LogP) is 3.63. The minimum Gasteiger partial charge on any atom is -0.463 e. The van der Waals surface area contributed by atoms with Gasteiger partial charge in [0.2, 0.25) is 0 Å². The molecule has 0 fully saturated rings. The lowest BCUT2D eigenvalue weighted by Crippen LogP contribution is -2.01. The van der Waals surface area contributed by atoms with Crippen molar-refractivity contribution in [3.05, 3.63) is 59.4 Å². The second-order valence-corrected chi connectivity index (χ2v) is 5.39. The predicted molar refractivity (Wildman–Crippen MR) is 87.5 cm³/mol. The smallest absolute Gasteiger partial charge is 0.330 e. The molecule has 0 N–H and O–H groups in total. The Labute approximate surface area is 131 Å². The fraction of sp³-hybridized carbons (Fsp3) is 0.333. The molecule has 4 heteroatoms. The van der Waals surface area contributed by atoms with Crippen LogP contribution in [0.4, 0.5) is 0 Å². The van der Waals surface area contributed by atoms with E-state index in [-0.39, 0.29) is 5.97 Å². The first-order valence-electron chi connectivity index (χ1n) is 7.56. The highest BCUT2D eigenvalue weighted by molar-refractivity contribution is 5.87. The summed E-state index contributed by atoms with van der Waals surface area (Å²) in [5.74, 6) is -0.0353. The van der Waals surface area contributed by atoms with Crippen molar-refractivity contribution in [2.45, 2.75) is 33.2 Å². The summed E-state index contributed by atoms with van der Waals surface area (Å²) in [7, 11) is 0. The largest absolute Gasteiger partial charge is 0.463 e. The van der Waals surface area contributed by atoms with E-state index >= 15 is 0 Å². The molecular weight excluding hydrogens is 276 g/mol. The monoisotopic (exact) mass is 298 g/mol. The van der Waals surface area contributed by atoms with Crippen molar-refractivity contribution >= 4 is 12.0 Å². The Morgan fingerprint density at radius 2 is 2.05 bits per heavy atom. The van der Waals surface area contributed by atoms with Crippen molar-refractivity contribution in [3.63, 3.8) is 0 Å². The van der Waals surface area contributed by atoms with Gasteiger partial charge in [-0.15, -0.1) is 0 Å². The molecule has 0 radical (unpaired) electrons. The maximum absolute atomic E-state index is 11.5. The van der Waals surface area contributed by atoms with Crippen LogP contribution < -0.4 is 0 Å². The van der Waals surface area contributed by atoms with Crippen LogP contribution in [0.15, 0.2) is 42.6 Å². The number of aromatic nitrogens is 2. The average molecular weight is 298 g/mol. The molecule has 116 valence electrons. The molecule has 2 aromatic rings. The molecule has 0 saturated heterocycles. The summed E-state index contributed by atoms with van der Waals surface area (Å²) >= 11 is 0. The quantitative estimate of drug-likeness (QED) is 0.604. The van der Waals surface area contributed by atoms with Gasteiger partial charge in [0.25, 0.3) is 0 Å². The first-order chi connectivity index (χ1) is 10.6. The third-order valence-electron chi connectivity index (χ3n) is 3.24. The maximum atomic E-state index is 11.5. The number of hydrogen-bond acceptors (Lipinski definition) is 3. The molecule has 0 spiro atoms. The summed E-state index contributed by atoms with van der Waals surface area (Å²) in [5, 5.41) is 4.64. The number of ether oxygens (including phenoxy) is 1. The van der Waals surface area contributed by atoms with Gasteiger partial charge in [0.15, 0.2) is 0 Å². The maximum Gasteiger partial charge on any atom is 0.330 e. The third-order valence-corrected chi connectivity index (χ3v) is 3.24. The van der Waals surface area contributed by atoms with E-state index in [9.17, 15) is 4.79 Å². The Morgan fingerprint density at radius 1 is 1.32 bits per heavy atom. The van der Waals surface area contributed by atoms with E-state index in [1.807, 2.05) is 29.1 Å². The number of rotatable bonds is 6. The standard InChI is InChI=1S/C18H22N2O2/c1-4-22-17(21)11-10-16-13-20(19-18(16)14(2)3)12-15-8-6-5-7-9-15/h5-11,13-14H,4,12H2,1-3H3/b11-10+. The van der Waals surface area contributed by atoms with Crippen molar-refractivity contribution in [2.24, 2.45) is 0 Å². The fourth-order valence-corrected chi connectivity index (χ4v) is 2.23. The normalized spacial score (nSPS) is 11.3. The second kappa shape index (κ2) is 7.59. The van der Waals surface area contributed by atoms with E-state index in [4.69, 9.17) is 4.74 Å². The summed E-state index contributed by atoms with van der Waals surface area (Å²) in [5.41, 5.74) is 3.14. The van der Waals surface area contributed by atoms with Gasteiger partial charge in [-0.3, -0.25) is 4.68 Å². The summed E-state index contributed by atoms with van der Waals surface area (Å²) in [6, 6.07) is 10.2. The van der Waals surface area contributed by atoms with Crippen LogP contribution in [0.3, 0.4) is 0 Å². The number of hydrogen-bond donors (Lipinski definition) is 0. The zero-order valence-corrected chi connectivity index (χ0v) is 13.3. The van der Waals surface area contributed by atoms with Crippen LogP contribution in [0, 0.1) is 0 Å². The molecule has 1 heterocycles. The summed E-state index contributed by atoms with van der Waals surface area (Å²) in [6.07, 6.45) is 5.21. The SMILES string of the molecule is CCOC(=O)/C=C/c1cn(Cc2ccccc2)nc1C(C)C. The molecule has 22 heavy (non-hydrogen) atoms. The lowest BCUT2D eigenvalue weighted by atomic mass is 10.1. The van der Waals surface area contributed by atoms with Crippen LogP contribution in [0.5, 0.6) is 0 Å². The summed E-state index contributed by atoms with van der Waals surface area (Å²) in [4.78, 5) is 11.5. The molecule has 2 rings (SSSR count). The Bertz CT molecular complexity index is 642. The van der Waals surface area contributed by atoms with E-state index in [1.54, 1.807) is 13.0 Å². The first kappa shape index (κ1) is 16.0. The van der Waals surface area contributed by atoms with Gasteiger partial charge < -0.3 is 4.74 Å². The second-order valence-electron chi connectivity index (χ2n) is 5.39. The lowest BCUT2D eigenvalue weighted by molar-refractivity contribution is -0.137. The van der Waals surface area contributed by atoms with Crippen molar-refractivity contribution in [1.82, 2.24) is 9.78 Å². The van der Waals surface area contributed by atoms with Crippen LogP contribution in [-0.4, -0.2) is 22.4 Å². The van der Waals surface area contributed by atoms with Crippen molar-refractivity contribution in [2.75, 3.05) is 6.61 Å². The minimum absolute atomic E-state index is 0.291. The van der Waals surface area contributed by atoms with Crippen LogP contribution in [0.25, 0.3) is 6.08 Å². The number of carbonyl (C=O) groups excluding carboxylic acids is 1. The third kappa shape index (κ3) is 4.32. The van der Waals surface area contributed by atoms with Gasteiger partial charge in [0.1, 0.15) is 0 Å². The van der Waals surface area contributed by atoms with Gasteiger partial charge in [-0.25, -0.2) is 4.79 Å². The topological polar surface area (TPSA) is 44.1 Å². The molecule has 0 bridgehead atoms. The van der Waals surface area contributed by atoms with Gasteiger partial charge in [0.05, 0.1) is 18.8 Å². The molecule has 0 aliphatic heterocycles. The Hall–Kier alpha value is -2.36. The van der Waals surface area contributed by atoms with Crippen LogP contribution in [-0.2, 0) is 16.1 Å². The fourth-order valence-electron chi connectivity index (χ4n) is 2.23. The number of nitrogens with zero attached hydrogens (tertiary/aromatic N) is 2. The van der Waals surface area contributed by atoms with E-state index < -0.39 is 0 Å². The van der Waals surface area contributed by atoms with E-state index in [0.29, 0.717) is 19.1 Å². The molecule has 1 aromatic carbocycles. The van der Waals surface area contributed by atoms with E-state index in [0.717, 1.165) is 11.3 Å². The van der Waals surface area contributed by atoms with Gasteiger partial charge in [-0.2, -0.15) is 5.10 Å². The highest BCUT2D eigenvalue weighted by Gasteiger charge is 2.11. The average Bonchev–Trinajstić information content (AvgIpc) is 2.90. The lowest BCUT2D eigenvalue weighted by Gasteiger charge is -2.02. The van der Waals surface area contributed by atoms with Gasteiger partial charge in [-0.05, 0) is 24.5 Å². The summed E-state index contributed by atoms with van der Waals surface area (Å²) < 4.78 is 6.83. The first-order valence-corrected chi connectivity index (χ1v) is 7.56. The number of benzene rings is 1. The highest BCUT2D eigenvalue weighted by atomic mass is 16.5. The van der Waals surface area contributed by atoms with Crippen molar-refractivity contribution in [1.29, 1.82) is 0 Å². The van der Waals surface area contributed by atoms with Crippen LogP contribution in [0.2, 0.25) is 0 Å². The van der Waals surface area contributed by atoms with Crippen molar-refractivity contribution in [3.8, 4) is 0 Å². The van der Waals surface area contributed by atoms with Gasteiger partial charge >= 0.3 is 5.97 Å². The molecule has 0 aliphatic carbocycles. The van der Waals surface area contributed by atoms with Crippen molar-refractivity contribution < 1.29 is 9.53 Å². The molecule has 4 nitrogen and oxygen atoms in total. The van der Waals surface area contributed by atoms with Crippen LogP contribution >= 0.6 is 0 Å². The highest BCUT2D eigenvalue weighted by Crippen LogP contribution is 2.19. The Balaban J connectivity index is 2.20. The minimum atomic E-state index is -0.326.